The first-order chi connectivity index (χ1) is 14.3. The maximum absolute atomic E-state index is 14.4. The molecule has 3 atom stereocenters. The Balaban J connectivity index is 1.58. The van der Waals surface area contributed by atoms with Gasteiger partial charge < -0.3 is 10.2 Å². The number of Topliss-reactive ketones (excluding diaryl/α,β-unsaturated/α-hetero) is 1. The lowest BCUT2D eigenvalue weighted by Crippen LogP contribution is -2.26. The number of aliphatic hydroxyl groups is 1. The molecule has 30 heavy (non-hydrogen) atoms. The van der Waals surface area contributed by atoms with Crippen molar-refractivity contribution in [2.75, 3.05) is 0 Å². The number of carboxylic acids is 1. The third kappa shape index (κ3) is 5.52. The number of hydrogen-bond acceptors (Lipinski definition) is 4. The lowest BCUT2D eigenvalue weighted by atomic mass is 9.86. The summed E-state index contributed by atoms with van der Waals surface area (Å²) in [4.78, 5) is 23.5. The number of hydrogen-bond donors (Lipinski definition) is 2. The number of carbonyl (C=O) groups is 2. The summed E-state index contributed by atoms with van der Waals surface area (Å²) in [7, 11) is 0. The van der Waals surface area contributed by atoms with Gasteiger partial charge in [0.2, 0.25) is 0 Å². The molecule has 1 saturated carbocycles. The van der Waals surface area contributed by atoms with Gasteiger partial charge in [0.05, 0.1) is 12.5 Å². The van der Waals surface area contributed by atoms with E-state index in [9.17, 15) is 23.5 Å². The summed E-state index contributed by atoms with van der Waals surface area (Å²) in [6, 6.07) is 9.68. The third-order valence-corrected chi connectivity index (χ3v) is 6.91. The number of benzene rings is 1. The maximum Gasteiger partial charge on any atom is 0.303 e. The number of carbonyl (C=O) groups excluding carboxylic acids is 1. The summed E-state index contributed by atoms with van der Waals surface area (Å²) in [5.41, 5.74) is 0. The van der Waals surface area contributed by atoms with Crippen molar-refractivity contribution < 1.29 is 28.6 Å². The zero-order chi connectivity index (χ0) is 21.7. The Bertz CT molecular complexity index is 888. The predicted octanol–water partition coefficient (Wildman–Crippen LogP) is 5.76. The van der Waals surface area contributed by atoms with Crippen LogP contribution in [0, 0.1) is 11.8 Å². The van der Waals surface area contributed by atoms with Gasteiger partial charge >= 0.3 is 5.97 Å². The predicted molar refractivity (Wildman–Crippen MR) is 113 cm³/mol. The topological polar surface area (TPSA) is 74.6 Å². The minimum atomic E-state index is -3.05. The van der Waals surface area contributed by atoms with Crippen LogP contribution in [0.5, 0.6) is 0 Å². The molecule has 1 aliphatic carbocycles. The van der Waals surface area contributed by atoms with Gasteiger partial charge in [0.15, 0.2) is 0 Å². The number of allylic oxidation sites excluding steroid dienone is 2. The van der Waals surface area contributed by atoms with Crippen molar-refractivity contribution in [2.24, 2.45) is 11.8 Å². The molecule has 0 saturated heterocycles. The SMILES string of the molecule is O=C(O)CCCC=CC[C@@H]1[C@@H](CC[C@@H](O)c2cc3ccccc3s2)C(=O)CC1(F)F. The van der Waals surface area contributed by atoms with E-state index in [0.29, 0.717) is 12.8 Å². The molecule has 1 aliphatic rings. The fourth-order valence-corrected chi connectivity index (χ4v) is 5.18. The summed E-state index contributed by atoms with van der Waals surface area (Å²) in [5.74, 6) is -6.21. The first kappa shape index (κ1) is 22.6. The van der Waals surface area contributed by atoms with E-state index in [4.69, 9.17) is 5.11 Å². The lowest BCUT2D eigenvalue weighted by molar-refractivity contribution is -0.137. The molecule has 0 spiro atoms. The molecule has 0 unspecified atom stereocenters. The Morgan fingerprint density at radius 3 is 2.80 bits per heavy atom. The molecule has 4 nitrogen and oxygen atoms in total. The van der Waals surface area contributed by atoms with Crippen LogP contribution in [0.25, 0.3) is 10.1 Å². The van der Waals surface area contributed by atoms with Crippen molar-refractivity contribution in [3.05, 3.63) is 47.4 Å². The number of fused-ring (bicyclic) bond motifs is 1. The molecule has 0 aliphatic heterocycles. The van der Waals surface area contributed by atoms with Gasteiger partial charge in [-0.15, -0.1) is 11.3 Å². The fourth-order valence-electron chi connectivity index (χ4n) is 4.09. The first-order valence-corrected chi connectivity index (χ1v) is 11.0. The number of carboxylic acid groups (broad SMARTS) is 1. The monoisotopic (exact) mass is 436 g/mol. The second-order valence-corrected chi connectivity index (χ2v) is 9.01. The Morgan fingerprint density at radius 2 is 2.07 bits per heavy atom. The fraction of sp³-hybridized carbons (Fsp3) is 0.478. The number of halogens is 2. The molecule has 3 rings (SSSR count). The van der Waals surface area contributed by atoms with E-state index >= 15 is 0 Å². The van der Waals surface area contributed by atoms with Crippen LogP contribution in [0.2, 0.25) is 0 Å². The minimum absolute atomic E-state index is 0.0423. The minimum Gasteiger partial charge on any atom is -0.481 e. The van der Waals surface area contributed by atoms with Crippen molar-refractivity contribution in [3.63, 3.8) is 0 Å². The van der Waals surface area contributed by atoms with Crippen LogP contribution < -0.4 is 0 Å². The highest BCUT2D eigenvalue weighted by atomic mass is 32.1. The van der Waals surface area contributed by atoms with Crippen LogP contribution in [0.4, 0.5) is 8.78 Å². The second-order valence-electron chi connectivity index (χ2n) is 7.89. The summed E-state index contributed by atoms with van der Waals surface area (Å²) in [6.07, 6.45) is 3.39. The van der Waals surface area contributed by atoms with E-state index in [1.165, 1.54) is 11.3 Å². The Kier molecular flexibility index (Phi) is 7.36. The van der Waals surface area contributed by atoms with E-state index in [0.717, 1.165) is 15.0 Å². The smallest absolute Gasteiger partial charge is 0.303 e. The number of aliphatic carboxylic acids is 1. The number of aliphatic hydroxyl groups excluding tert-OH is 1. The van der Waals surface area contributed by atoms with E-state index in [2.05, 4.69) is 0 Å². The molecule has 7 heteroatoms. The van der Waals surface area contributed by atoms with E-state index < -0.39 is 42.0 Å². The number of unbranched alkanes of at least 4 members (excludes halogenated alkanes) is 1. The number of thiophene rings is 1. The van der Waals surface area contributed by atoms with Crippen molar-refractivity contribution in [1.82, 2.24) is 0 Å². The van der Waals surface area contributed by atoms with Gasteiger partial charge in [0.25, 0.3) is 5.92 Å². The largest absolute Gasteiger partial charge is 0.481 e. The van der Waals surface area contributed by atoms with E-state index in [-0.39, 0.29) is 25.7 Å². The van der Waals surface area contributed by atoms with Crippen molar-refractivity contribution >= 4 is 33.2 Å². The Morgan fingerprint density at radius 1 is 1.30 bits per heavy atom. The molecule has 1 aromatic carbocycles. The van der Waals surface area contributed by atoms with Gasteiger partial charge in [-0.2, -0.15) is 0 Å². The zero-order valence-electron chi connectivity index (χ0n) is 16.6. The van der Waals surface area contributed by atoms with E-state index in [1.807, 2.05) is 30.3 Å². The summed E-state index contributed by atoms with van der Waals surface area (Å²) in [5, 5.41) is 20.2. The molecule has 2 N–H and O–H groups in total. The van der Waals surface area contributed by atoms with Gasteiger partial charge in [0.1, 0.15) is 5.78 Å². The van der Waals surface area contributed by atoms with Crippen molar-refractivity contribution in [1.29, 1.82) is 0 Å². The average Bonchev–Trinajstić information content (AvgIpc) is 3.20. The molecule has 1 heterocycles. The highest BCUT2D eigenvalue weighted by Gasteiger charge is 2.53. The molecular formula is C23H26F2O4S. The zero-order valence-corrected chi connectivity index (χ0v) is 17.4. The quantitative estimate of drug-likeness (QED) is 0.367. The van der Waals surface area contributed by atoms with Crippen LogP contribution in [-0.2, 0) is 9.59 Å². The molecule has 1 fully saturated rings. The molecular weight excluding hydrogens is 410 g/mol. The van der Waals surface area contributed by atoms with E-state index in [1.54, 1.807) is 12.2 Å². The molecule has 0 bridgehead atoms. The van der Waals surface area contributed by atoms with Gasteiger partial charge in [0, 0.05) is 27.8 Å². The maximum atomic E-state index is 14.4. The summed E-state index contributed by atoms with van der Waals surface area (Å²) in [6.45, 7) is 0. The number of alkyl halides is 2. The van der Waals surface area contributed by atoms with Gasteiger partial charge in [-0.05, 0) is 49.6 Å². The average molecular weight is 437 g/mol. The molecule has 0 radical (unpaired) electrons. The normalized spacial score (nSPS) is 22.2. The highest BCUT2D eigenvalue weighted by Crippen LogP contribution is 2.47. The van der Waals surface area contributed by atoms with Crippen LogP contribution in [-0.4, -0.2) is 27.9 Å². The first-order valence-electron chi connectivity index (χ1n) is 10.2. The van der Waals surface area contributed by atoms with Crippen LogP contribution in [0.3, 0.4) is 0 Å². The molecule has 162 valence electrons. The lowest BCUT2D eigenvalue weighted by Gasteiger charge is -2.22. The Hall–Kier alpha value is -2.12. The van der Waals surface area contributed by atoms with Gasteiger partial charge in [-0.25, -0.2) is 8.78 Å². The summed E-state index contributed by atoms with van der Waals surface area (Å²) >= 11 is 1.48. The second kappa shape index (κ2) is 9.79. The van der Waals surface area contributed by atoms with Crippen LogP contribution >= 0.6 is 11.3 Å². The molecule has 2 aromatic rings. The number of ketones is 1. The third-order valence-electron chi connectivity index (χ3n) is 5.69. The van der Waals surface area contributed by atoms with Crippen molar-refractivity contribution in [3.8, 4) is 0 Å². The summed E-state index contributed by atoms with van der Waals surface area (Å²) < 4.78 is 29.8. The van der Waals surface area contributed by atoms with Crippen LogP contribution in [0.1, 0.15) is 55.9 Å². The molecule has 1 aromatic heterocycles. The Labute approximate surface area is 178 Å². The van der Waals surface area contributed by atoms with Crippen LogP contribution in [0.15, 0.2) is 42.5 Å². The molecule has 0 amide bonds. The standard InChI is InChI=1S/C23H26F2O4S/c24-23(25)14-19(27)16(17(23)8-3-1-2-4-10-22(28)29)11-12-18(26)21-13-15-7-5-6-9-20(15)30-21/h1,3,5-7,9,13,16-18,26H,2,4,8,10-12,14H2,(H,28,29)/t16-,17-,18-/m1/s1. The van der Waals surface area contributed by atoms with Gasteiger partial charge in [-0.3, -0.25) is 9.59 Å². The van der Waals surface area contributed by atoms with Crippen molar-refractivity contribution in [2.45, 2.75) is 57.0 Å². The highest BCUT2D eigenvalue weighted by molar-refractivity contribution is 7.19. The van der Waals surface area contributed by atoms with Gasteiger partial charge in [-0.1, -0.05) is 30.4 Å². The number of rotatable bonds is 10.